The number of nitrogens with zero attached hydrogens (tertiary/aromatic N) is 1. The van der Waals surface area contributed by atoms with Crippen LogP contribution < -0.4 is 5.73 Å². The Morgan fingerprint density at radius 1 is 1.14 bits per heavy atom. The number of aromatic nitrogens is 1. The zero-order chi connectivity index (χ0) is 14.7. The number of para-hydroxylation sites is 1. The van der Waals surface area contributed by atoms with E-state index < -0.39 is 0 Å². The average molecular weight is 314 g/mol. The van der Waals surface area contributed by atoms with Gasteiger partial charge in [0.15, 0.2) is 0 Å². The fraction of sp³-hybridized carbons (Fsp3) is 0.235. The third kappa shape index (κ3) is 3.46. The number of rotatable bonds is 5. The molecule has 0 spiro atoms. The lowest BCUT2D eigenvalue weighted by atomic mass is 10.1. The molecule has 1 aromatic heterocycles. The third-order valence-corrected chi connectivity index (χ3v) is 5.30. The molecule has 0 fully saturated rings. The van der Waals surface area contributed by atoms with Crippen molar-refractivity contribution < 1.29 is 0 Å². The van der Waals surface area contributed by atoms with E-state index >= 15 is 0 Å². The Bertz CT molecular complexity index is 686. The second-order valence-corrected chi connectivity index (χ2v) is 7.34. The van der Waals surface area contributed by atoms with Crippen molar-refractivity contribution in [2.45, 2.75) is 24.3 Å². The zero-order valence-corrected chi connectivity index (χ0v) is 13.6. The number of benzene rings is 2. The van der Waals surface area contributed by atoms with Crippen LogP contribution in [0.5, 0.6) is 0 Å². The topological polar surface area (TPSA) is 38.9 Å². The molecule has 0 bridgehead atoms. The summed E-state index contributed by atoms with van der Waals surface area (Å²) in [5.74, 6) is 1.09. The highest BCUT2D eigenvalue weighted by molar-refractivity contribution is 7.99. The first kappa shape index (κ1) is 14.6. The molecule has 1 heterocycles. The van der Waals surface area contributed by atoms with Gasteiger partial charge in [-0.3, -0.25) is 0 Å². The van der Waals surface area contributed by atoms with Crippen LogP contribution in [-0.2, 0) is 6.42 Å². The van der Waals surface area contributed by atoms with Crippen LogP contribution in [0.2, 0.25) is 0 Å². The molecule has 0 amide bonds. The molecule has 0 aliphatic heterocycles. The van der Waals surface area contributed by atoms with E-state index in [0.29, 0.717) is 0 Å². The Hall–Kier alpha value is -1.36. The summed E-state index contributed by atoms with van der Waals surface area (Å²) in [6, 6.07) is 16.8. The van der Waals surface area contributed by atoms with Gasteiger partial charge < -0.3 is 5.73 Å². The predicted molar refractivity (Wildman–Crippen MR) is 93.1 cm³/mol. The summed E-state index contributed by atoms with van der Waals surface area (Å²) in [5.41, 5.74) is 8.58. The number of hydrogen-bond donors (Lipinski definition) is 1. The summed E-state index contributed by atoms with van der Waals surface area (Å²) in [4.78, 5) is 5.96. The standard InChI is InChI=1S/C17H18N2S2/c1-2-20-13-9-7-12(8-10-13)14(18)11-17-19-15-5-3-4-6-16(15)21-17/h3-10,14H,2,11,18H2,1H3. The number of fused-ring (bicyclic) bond motifs is 1. The van der Waals surface area contributed by atoms with Crippen LogP contribution in [0.15, 0.2) is 53.4 Å². The lowest BCUT2D eigenvalue weighted by molar-refractivity contribution is 0.718. The SMILES string of the molecule is CCSc1ccc(C(N)Cc2nc3ccccc3s2)cc1. The molecule has 2 nitrogen and oxygen atoms in total. The molecular formula is C17H18N2S2. The minimum absolute atomic E-state index is 0.00578. The van der Waals surface area contributed by atoms with Crippen LogP contribution in [0.1, 0.15) is 23.5 Å². The van der Waals surface area contributed by atoms with Crippen molar-refractivity contribution in [1.82, 2.24) is 4.98 Å². The van der Waals surface area contributed by atoms with E-state index in [1.165, 1.54) is 15.2 Å². The van der Waals surface area contributed by atoms with Crippen molar-refractivity contribution in [3.8, 4) is 0 Å². The van der Waals surface area contributed by atoms with Crippen LogP contribution in [0.25, 0.3) is 10.2 Å². The van der Waals surface area contributed by atoms with Gasteiger partial charge in [-0.15, -0.1) is 23.1 Å². The molecule has 0 radical (unpaired) electrons. The van der Waals surface area contributed by atoms with E-state index in [4.69, 9.17) is 5.73 Å². The quantitative estimate of drug-likeness (QED) is 0.697. The molecule has 3 rings (SSSR count). The zero-order valence-electron chi connectivity index (χ0n) is 12.0. The van der Waals surface area contributed by atoms with Crippen LogP contribution in [-0.4, -0.2) is 10.7 Å². The molecule has 0 aliphatic rings. The van der Waals surface area contributed by atoms with Crippen molar-refractivity contribution in [3.05, 3.63) is 59.1 Å². The van der Waals surface area contributed by atoms with Gasteiger partial charge in [-0.05, 0) is 35.6 Å². The first-order valence-corrected chi connectivity index (χ1v) is 8.89. The fourth-order valence-electron chi connectivity index (χ4n) is 2.29. The Morgan fingerprint density at radius 3 is 2.62 bits per heavy atom. The van der Waals surface area contributed by atoms with Crippen LogP contribution >= 0.6 is 23.1 Å². The first-order valence-electron chi connectivity index (χ1n) is 7.09. The molecule has 0 saturated heterocycles. The highest BCUT2D eigenvalue weighted by Crippen LogP contribution is 2.26. The van der Waals surface area contributed by atoms with Gasteiger partial charge in [0, 0.05) is 17.4 Å². The molecule has 108 valence electrons. The first-order chi connectivity index (χ1) is 10.3. The predicted octanol–water partition coefficient (Wildman–Crippen LogP) is 4.65. The molecule has 2 aromatic carbocycles. The maximum absolute atomic E-state index is 6.33. The third-order valence-electron chi connectivity index (χ3n) is 3.35. The van der Waals surface area contributed by atoms with Crippen molar-refractivity contribution in [1.29, 1.82) is 0 Å². The Balaban J connectivity index is 1.74. The summed E-state index contributed by atoms with van der Waals surface area (Å²) in [6.07, 6.45) is 0.791. The number of thiazole rings is 1. The molecule has 21 heavy (non-hydrogen) atoms. The normalized spacial score (nSPS) is 12.7. The van der Waals surface area contributed by atoms with Gasteiger partial charge in [-0.25, -0.2) is 4.98 Å². The molecule has 4 heteroatoms. The van der Waals surface area contributed by atoms with E-state index in [1.807, 2.05) is 23.9 Å². The van der Waals surface area contributed by atoms with E-state index in [1.54, 1.807) is 11.3 Å². The van der Waals surface area contributed by atoms with Gasteiger partial charge in [-0.2, -0.15) is 0 Å². The highest BCUT2D eigenvalue weighted by Gasteiger charge is 2.11. The summed E-state index contributed by atoms with van der Waals surface area (Å²) in [5, 5.41) is 1.11. The van der Waals surface area contributed by atoms with Gasteiger partial charge in [0.1, 0.15) is 0 Å². The summed E-state index contributed by atoms with van der Waals surface area (Å²) in [6.45, 7) is 2.16. The van der Waals surface area contributed by atoms with Gasteiger partial charge in [0.05, 0.1) is 15.2 Å². The smallest absolute Gasteiger partial charge is 0.0957 e. The second kappa shape index (κ2) is 6.60. The Labute approximate surface area is 133 Å². The maximum atomic E-state index is 6.33. The number of hydrogen-bond acceptors (Lipinski definition) is 4. The Kier molecular flexibility index (Phi) is 4.58. The van der Waals surface area contributed by atoms with E-state index in [2.05, 4.69) is 48.3 Å². The van der Waals surface area contributed by atoms with Crippen LogP contribution in [0.4, 0.5) is 0 Å². The minimum atomic E-state index is 0.00578. The summed E-state index contributed by atoms with van der Waals surface area (Å²) in [7, 11) is 0. The monoisotopic (exact) mass is 314 g/mol. The van der Waals surface area contributed by atoms with E-state index in [-0.39, 0.29) is 6.04 Å². The Morgan fingerprint density at radius 2 is 1.90 bits per heavy atom. The van der Waals surface area contributed by atoms with E-state index in [0.717, 1.165) is 22.7 Å². The molecule has 3 aromatic rings. The highest BCUT2D eigenvalue weighted by atomic mass is 32.2. The molecule has 1 atom stereocenters. The molecular weight excluding hydrogens is 296 g/mol. The van der Waals surface area contributed by atoms with Gasteiger partial charge in [0.25, 0.3) is 0 Å². The van der Waals surface area contributed by atoms with Gasteiger partial charge in [-0.1, -0.05) is 31.2 Å². The average Bonchev–Trinajstić information content (AvgIpc) is 2.90. The molecule has 0 saturated carbocycles. The lowest BCUT2D eigenvalue weighted by Crippen LogP contribution is -2.13. The fourth-order valence-corrected chi connectivity index (χ4v) is 3.98. The summed E-state index contributed by atoms with van der Waals surface area (Å²) >= 11 is 3.59. The van der Waals surface area contributed by atoms with Crippen molar-refractivity contribution in [2.24, 2.45) is 5.73 Å². The lowest BCUT2D eigenvalue weighted by Gasteiger charge is -2.10. The van der Waals surface area contributed by atoms with Gasteiger partial charge >= 0.3 is 0 Å². The minimum Gasteiger partial charge on any atom is -0.324 e. The van der Waals surface area contributed by atoms with Crippen molar-refractivity contribution >= 4 is 33.3 Å². The van der Waals surface area contributed by atoms with Crippen molar-refractivity contribution in [3.63, 3.8) is 0 Å². The maximum Gasteiger partial charge on any atom is 0.0957 e. The summed E-state index contributed by atoms with van der Waals surface area (Å²) < 4.78 is 1.23. The van der Waals surface area contributed by atoms with Crippen LogP contribution in [0, 0.1) is 0 Å². The van der Waals surface area contributed by atoms with Crippen LogP contribution in [0.3, 0.4) is 0 Å². The molecule has 0 aliphatic carbocycles. The van der Waals surface area contributed by atoms with E-state index in [9.17, 15) is 0 Å². The second-order valence-electron chi connectivity index (χ2n) is 4.89. The molecule has 1 unspecified atom stereocenters. The van der Waals surface area contributed by atoms with Crippen molar-refractivity contribution in [2.75, 3.05) is 5.75 Å². The largest absolute Gasteiger partial charge is 0.324 e. The number of nitrogens with two attached hydrogens (primary N) is 1. The molecule has 2 N–H and O–H groups in total. The van der Waals surface area contributed by atoms with Gasteiger partial charge in [0.2, 0.25) is 0 Å². The number of thioether (sulfide) groups is 1.